The van der Waals surface area contributed by atoms with Crippen LogP contribution in [-0.4, -0.2) is 25.0 Å². The van der Waals surface area contributed by atoms with E-state index in [1.54, 1.807) is 37.7 Å². The lowest BCUT2D eigenvalue weighted by atomic mass is 10.0. The van der Waals surface area contributed by atoms with Crippen LogP contribution in [0, 0.1) is 0 Å². The van der Waals surface area contributed by atoms with Gasteiger partial charge in [0, 0.05) is 44.3 Å². The monoisotopic (exact) mass is 497 g/mol. The maximum atomic E-state index is 5.59. The van der Waals surface area contributed by atoms with Gasteiger partial charge in [0.1, 0.15) is 11.5 Å². The summed E-state index contributed by atoms with van der Waals surface area (Å²) in [6.07, 6.45) is 2.10. The molecule has 0 amide bonds. The Balaban J connectivity index is 1.74. The van der Waals surface area contributed by atoms with Crippen molar-refractivity contribution < 1.29 is 9.47 Å². The molecule has 4 aromatic carbocycles. The minimum Gasteiger partial charge on any atom is -0.497 e. The number of aryl methyl sites for hydroxylation is 1. The van der Waals surface area contributed by atoms with Crippen LogP contribution in [0.4, 0.5) is 0 Å². The number of methoxy groups -OCH3 is 2. The number of thioether (sulfide) groups is 1. The van der Waals surface area contributed by atoms with Gasteiger partial charge in [-0.3, -0.25) is 0 Å². The predicted molar refractivity (Wildman–Crippen MR) is 149 cm³/mol. The van der Waals surface area contributed by atoms with Crippen molar-refractivity contribution in [3.05, 3.63) is 91.0 Å². The van der Waals surface area contributed by atoms with Crippen LogP contribution in [0.3, 0.4) is 0 Å². The van der Waals surface area contributed by atoms with Gasteiger partial charge >= 0.3 is 0 Å². The van der Waals surface area contributed by atoms with Gasteiger partial charge < -0.3 is 14.0 Å². The highest BCUT2D eigenvalue weighted by atomic mass is 32.2. The van der Waals surface area contributed by atoms with E-state index in [0.29, 0.717) is 0 Å². The number of nitrogens with zero attached hydrogens (tertiary/aromatic N) is 1. The molecule has 1 aromatic heterocycles. The number of hydrogen-bond acceptors (Lipinski definition) is 4. The minimum atomic E-state index is 0.773. The Morgan fingerprint density at radius 3 is 1.94 bits per heavy atom. The molecule has 0 saturated carbocycles. The molecule has 0 unspecified atom stereocenters. The zero-order valence-electron chi connectivity index (χ0n) is 20.2. The molecule has 35 heavy (non-hydrogen) atoms. The number of benzene rings is 4. The molecule has 0 saturated heterocycles. The SMILES string of the molecule is COc1cc(OC)cc(-c2c(Sc3ccccc3)c3cc(-c4ccc(SC)cc4)ccc3n2C)c1. The van der Waals surface area contributed by atoms with Gasteiger partial charge in [-0.1, -0.05) is 48.2 Å². The maximum Gasteiger partial charge on any atom is 0.123 e. The highest BCUT2D eigenvalue weighted by Crippen LogP contribution is 2.45. The zero-order chi connectivity index (χ0) is 24.4. The third kappa shape index (κ3) is 4.66. The van der Waals surface area contributed by atoms with E-state index in [9.17, 15) is 0 Å². The van der Waals surface area contributed by atoms with Crippen LogP contribution in [0.1, 0.15) is 0 Å². The van der Waals surface area contributed by atoms with Crippen molar-refractivity contribution in [3.8, 4) is 33.9 Å². The summed E-state index contributed by atoms with van der Waals surface area (Å²) in [5, 5.41) is 1.23. The van der Waals surface area contributed by atoms with E-state index in [-0.39, 0.29) is 0 Å². The van der Waals surface area contributed by atoms with Gasteiger partial charge in [-0.15, -0.1) is 11.8 Å². The summed E-state index contributed by atoms with van der Waals surface area (Å²) in [5.41, 5.74) is 5.81. The summed E-state index contributed by atoms with van der Waals surface area (Å²) >= 11 is 3.55. The molecule has 0 bridgehead atoms. The second-order valence-corrected chi connectivity index (χ2v) is 10.2. The fourth-order valence-electron chi connectivity index (χ4n) is 4.35. The topological polar surface area (TPSA) is 23.4 Å². The van der Waals surface area contributed by atoms with Crippen LogP contribution in [0.5, 0.6) is 11.5 Å². The van der Waals surface area contributed by atoms with Crippen LogP contribution >= 0.6 is 23.5 Å². The first-order chi connectivity index (χ1) is 17.1. The number of ether oxygens (including phenoxy) is 2. The molecule has 3 nitrogen and oxygen atoms in total. The Morgan fingerprint density at radius 1 is 0.657 bits per heavy atom. The first kappa shape index (κ1) is 23.5. The molecule has 5 rings (SSSR count). The van der Waals surface area contributed by atoms with Crippen molar-refractivity contribution in [2.45, 2.75) is 14.7 Å². The number of aromatic nitrogens is 1. The van der Waals surface area contributed by atoms with E-state index in [4.69, 9.17) is 9.47 Å². The van der Waals surface area contributed by atoms with Gasteiger partial charge in [0.15, 0.2) is 0 Å². The van der Waals surface area contributed by atoms with Gasteiger partial charge in [-0.2, -0.15) is 0 Å². The van der Waals surface area contributed by atoms with Crippen molar-refractivity contribution in [2.75, 3.05) is 20.5 Å². The molecular formula is C30H27NO2S2. The molecule has 5 heteroatoms. The summed E-state index contributed by atoms with van der Waals surface area (Å²) in [7, 11) is 5.51. The van der Waals surface area contributed by atoms with Crippen molar-refractivity contribution in [2.24, 2.45) is 7.05 Å². The Morgan fingerprint density at radius 2 is 1.31 bits per heavy atom. The Kier molecular flexibility index (Phi) is 6.80. The molecule has 0 aliphatic carbocycles. The van der Waals surface area contributed by atoms with E-state index in [1.165, 1.54) is 36.7 Å². The Labute approximate surface area is 215 Å². The molecule has 5 aromatic rings. The third-order valence-corrected chi connectivity index (χ3v) is 8.03. The van der Waals surface area contributed by atoms with Crippen molar-refractivity contribution in [1.82, 2.24) is 4.57 Å². The summed E-state index contributed by atoms with van der Waals surface area (Å²) in [6, 6.07) is 32.1. The van der Waals surface area contributed by atoms with Gasteiger partial charge in [-0.25, -0.2) is 0 Å². The molecule has 0 aliphatic rings. The second-order valence-electron chi connectivity index (χ2n) is 8.21. The normalized spacial score (nSPS) is 11.1. The molecular weight excluding hydrogens is 470 g/mol. The van der Waals surface area contributed by atoms with Crippen LogP contribution in [0.15, 0.2) is 106 Å². The first-order valence-electron chi connectivity index (χ1n) is 11.3. The van der Waals surface area contributed by atoms with Gasteiger partial charge in [-0.05, 0) is 65.9 Å². The molecule has 0 spiro atoms. The largest absolute Gasteiger partial charge is 0.497 e. The highest BCUT2D eigenvalue weighted by molar-refractivity contribution is 7.99. The summed E-state index contributed by atoms with van der Waals surface area (Å²) in [5.74, 6) is 1.55. The lowest BCUT2D eigenvalue weighted by molar-refractivity contribution is 0.394. The lowest BCUT2D eigenvalue weighted by Crippen LogP contribution is -1.94. The minimum absolute atomic E-state index is 0.773. The molecule has 1 heterocycles. The standard InChI is InChI=1S/C30H27NO2S2/c1-31-28-15-12-21(20-10-13-25(34-4)14-11-20)18-27(28)30(35-26-8-6-5-7-9-26)29(31)22-16-23(32-2)19-24(17-22)33-3/h5-19H,1-4H3. The Bertz CT molecular complexity index is 1450. The quantitative estimate of drug-likeness (QED) is 0.211. The van der Waals surface area contributed by atoms with Gasteiger partial charge in [0.05, 0.1) is 19.9 Å². The van der Waals surface area contributed by atoms with Crippen LogP contribution in [0.25, 0.3) is 33.3 Å². The molecule has 0 fully saturated rings. The van der Waals surface area contributed by atoms with Gasteiger partial charge in [0.25, 0.3) is 0 Å². The van der Waals surface area contributed by atoms with Crippen molar-refractivity contribution >= 4 is 34.4 Å². The fraction of sp³-hybridized carbons (Fsp3) is 0.133. The first-order valence-corrected chi connectivity index (χ1v) is 13.4. The lowest BCUT2D eigenvalue weighted by Gasteiger charge is -2.12. The number of rotatable bonds is 7. The maximum absolute atomic E-state index is 5.59. The van der Waals surface area contributed by atoms with Crippen molar-refractivity contribution in [1.29, 1.82) is 0 Å². The predicted octanol–water partition coefficient (Wildman–Crippen LogP) is 8.40. The van der Waals surface area contributed by atoms with Crippen molar-refractivity contribution in [3.63, 3.8) is 0 Å². The Hall–Kier alpha value is -3.28. The molecule has 0 radical (unpaired) electrons. The van der Waals surface area contributed by atoms with Crippen LogP contribution in [-0.2, 0) is 7.05 Å². The molecule has 0 aliphatic heterocycles. The summed E-state index contributed by atoms with van der Waals surface area (Å²) < 4.78 is 13.5. The number of hydrogen-bond donors (Lipinski definition) is 0. The number of fused-ring (bicyclic) bond motifs is 1. The van der Waals surface area contributed by atoms with Gasteiger partial charge in [0.2, 0.25) is 0 Å². The van der Waals surface area contributed by atoms with Crippen LogP contribution < -0.4 is 9.47 Å². The summed E-state index contributed by atoms with van der Waals surface area (Å²) in [6.45, 7) is 0. The fourth-order valence-corrected chi connectivity index (χ4v) is 5.91. The van der Waals surface area contributed by atoms with E-state index in [2.05, 4.69) is 103 Å². The van der Waals surface area contributed by atoms with E-state index in [1.807, 2.05) is 6.07 Å². The third-order valence-electron chi connectivity index (χ3n) is 6.16. The van der Waals surface area contributed by atoms with E-state index >= 15 is 0 Å². The average Bonchev–Trinajstić information content (AvgIpc) is 3.19. The zero-order valence-corrected chi connectivity index (χ0v) is 21.9. The average molecular weight is 498 g/mol. The smallest absolute Gasteiger partial charge is 0.123 e. The second kappa shape index (κ2) is 10.1. The van der Waals surface area contributed by atoms with E-state index < -0.39 is 0 Å². The highest BCUT2D eigenvalue weighted by Gasteiger charge is 2.20. The molecule has 0 N–H and O–H groups in total. The van der Waals surface area contributed by atoms with E-state index in [0.717, 1.165) is 22.8 Å². The van der Waals surface area contributed by atoms with Crippen LogP contribution in [0.2, 0.25) is 0 Å². The molecule has 0 atom stereocenters. The molecule has 176 valence electrons. The summed E-state index contributed by atoms with van der Waals surface area (Å²) in [4.78, 5) is 3.68.